The van der Waals surface area contributed by atoms with Gasteiger partial charge in [-0.25, -0.2) is 13.2 Å². The average Bonchev–Trinajstić information content (AvgIpc) is 2.52. The van der Waals surface area contributed by atoms with E-state index in [1.165, 1.54) is 12.1 Å². The summed E-state index contributed by atoms with van der Waals surface area (Å²) in [6.45, 7) is 0. The molecule has 1 atom stereocenters. The minimum absolute atomic E-state index is 0.0182. The molecule has 0 aliphatic heterocycles. The highest BCUT2D eigenvalue weighted by atomic mass is 35.5. The zero-order valence-electron chi connectivity index (χ0n) is 12.8. The van der Waals surface area contributed by atoms with Crippen LogP contribution < -0.4 is 10.5 Å². The lowest BCUT2D eigenvalue weighted by atomic mass is 10.1. The molecule has 1 amide bonds. The fourth-order valence-corrected chi connectivity index (χ4v) is 3.99. The normalized spacial score (nSPS) is 12.4. The number of carbonyl (C=O) groups excluding carboxylic acids is 1. The van der Waals surface area contributed by atoms with Crippen LogP contribution in [0.1, 0.15) is 27.6 Å². The molecular formula is C16H15ClN2O5S. The number of carboxylic acid groups (broad SMARTS) is 1. The van der Waals surface area contributed by atoms with Crippen LogP contribution in [-0.2, 0) is 14.8 Å². The standard InChI is InChI=1S/C16H15ClN2O5S/c17-12-6-11(16(21)22)7-13(8-12)19-25(23,24)14(9-15(18)20)10-4-2-1-3-5-10/h1-8,14,19H,9H2,(H2,18,20)(H,21,22). The quantitative estimate of drug-likeness (QED) is 0.677. The van der Waals surface area contributed by atoms with Gasteiger partial charge in [0.05, 0.1) is 11.3 Å². The summed E-state index contributed by atoms with van der Waals surface area (Å²) in [5.41, 5.74) is 5.37. The molecule has 1 unspecified atom stereocenters. The number of carbonyl (C=O) groups is 2. The number of hydrogen-bond donors (Lipinski definition) is 3. The van der Waals surface area contributed by atoms with Gasteiger partial charge in [0.1, 0.15) is 5.25 Å². The van der Waals surface area contributed by atoms with E-state index in [9.17, 15) is 18.0 Å². The lowest BCUT2D eigenvalue weighted by Gasteiger charge is -2.18. The summed E-state index contributed by atoms with van der Waals surface area (Å²) in [5, 5.41) is 7.88. The fraction of sp³-hybridized carbons (Fsp3) is 0.125. The van der Waals surface area contributed by atoms with Gasteiger partial charge in [-0.3, -0.25) is 9.52 Å². The van der Waals surface area contributed by atoms with Gasteiger partial charge in [0, 0.05) is 11.4 Å². The van der Waals surface area contributed by atoms with Gasteiger partial charge in [-0.15, -0.1) is 0 Å². The first-order valence-corrected chi connectivity index (χ1v) is 9.00. The van der Waals surface area contributed by atoms with Crippen molar-refractivity contribution in [1.82, 2.24) is 0 Å². The van der Waals surface area contributed by atoms with Crippen molar-refractivity contribution >= 4 is 39.2 Å². The predicted octanol–water partition coefficient (Wildman–Crippen LogP) is 2.40. The molecule has 4 N–H and O–H groups in total. The molecule has 9 heteroatoms. The van der Waals surface area contributed by atoms with Gasteiger partial charge in [0.2, 0.25) is 15.9 Å². The highest BCUT2D eigenvalue weighted by molar-refractivity contribution is 7.93. The van der Waals surface area contributed by atoms with Crippen molar-refractivity contribution < 1.29 is 23.1 Å². The Labute approximate surface area is 149 Å². The number of primary amides is 1. The van der Waals surface area contributed by atoms with E-state index in [-0.39, 0.29) is 16.3 Å². The van der Waals surface area contributed by atoms with Gasteiger partial charge in [-0.2, -0.15) is 0 Å². The molecular weight excluding hydrogens is 368 g/mol. The van der Waals surface area contributed by atoms with Crippen LogP contribution in [0.2, 0.25) is 5.02 Å². The summed E-state index contributed by atoms with van der Waals surface area (Å²) in [6, 6.07) is 11.7. The van der Waals surface area contributed by atoms with Crippen LogP contribution in [0.4, 0.5) is 5.69 Å². The van der Waals surface area contributed by atoms with E-state index < -0.39 is 33.6 Å². The molecule has 132 valence electrons. The van der Waals surface area contributed by atoms with Crippen molar-refractivity contribution in [2.75, 3.05) is 4.72 Å². The van der Waals surface area contributed by atoms with E-state index in [1.54, 1.807) is 30.3 Å². The number of amides is 1. The summed E-state index contributed by atoms with van der Waals surface area (Å²) < 4.78 is 27.7. The highest BCUT2D eigenvalue weighted by Gasteiger charge is 2.29. The van der Waals surface area contributed by atoms with Crippen LogP contribution in [0.25, 0.3) is 0 Å². The van der Waals surface area contributed by atoms with Gasteiger partial charge in [-0.05, 0) is 23.8 Å². The zero-order chi connectivity index (χ0) is 18.6. The Kier molecular flexibility index (Phi) is 5.66. The molecule has 0 aromatic heterocycles. The summed E-state index contributed by atoms with van der Waals surface area (Å²) in [6.07, 6.45) is -0.425. The molecule has 0 fully saturated rings. The molecule has 0 aliphatic rings. The molecule has 7 nitrogen and oxygen atoms in total. The Morgan fingerprint density at radius 3 is 2.36 bits per heavy atom. The summed E-state index contributed by atoms with van der Waals surface area (Å²) in [5.74, 6) is -2.03. The van der Waals surface area contributed by atoms with Gasteiger partial charge in [0.25, 0.3) is 0 Å². The summed E-state index contributed by atoms with van der Waals surface area (Å²) in [4.78, 5) is 22.4. The number of carboxylic acids is 1. The maximum absolute atomic E-state index is 12.7. The SMILES string of the molecule is NC(=O)CC(c1ccccc1)S(=O)(=O)Nc1cc(Cl)cc(C(=O)O)c1. The number of aromatic carboxylic acids is 1. The minimum Gasteiger partial charge on any atom is -0.478 e. The summed E-state index contributed by atoms with van der Waals surface area (Å²) >= 11 is 5.83. The number of halogens is 1. The number of benzene rings is 2. The largest absolute Gasteiger partial charge is 0.478 e. The molecule has 0 saturated carbocycles. The molecule has 2 aromatic carbocycles. The second-order valence-corrected chi connectivity index (χ2v) is 7.55. The van der Waals surface area contributed by atoms with E-state index in [0.29, 0.717) is 5.56 Å². The molecule has 0 spiro atoms. The maximum Gasteiger partial charge on any atom is 0.335 e. The first-order chi connectivity index (χ1) is 11.7. The van der Waals surface area contributed by atoms with Crippen LogP contribution in [0, 0.1) is 0 Å². The molecule has 0 aliphatic carbocycles. The molecule has 0 bridgehead atoms. The molecule has 2 rings (SSSR count). The first kappa shape index (κ1) is 18.8. The number of hydrogen-bond acceptors (Lipinski definition) is 4. The second-order valence-electron chi connectivity index (χ2n) is 5.25. The van der Waals surface area contributed by atoms with E-state index in [4.69, 9.17) is 22.4 Å². The summed E-state index contributed by atoms with van der Waals surface area (Å²) in [7, 11) is -4.09. The monoisotopic (exact) mass is 382 g/mol. The van der Waals surface area contributed by atoms with Gasteiger partial charge < -0.3 is 10.8 Å². The second kappa shape index (κ2) is 7.54. The Bertz CT molecular complexity index is 900. The number of nitrogens with one attached hydrogen (secondary N) is 1. The van der Waals surface area contributed by atoms with Crippen LogP contribution >= 0.6 is 11.6 Å². The van der Waals surface area contributed by atoms with Gasteiger partial charge in [0.15, 0.2) is 0 Å². The van der Waals surface area contributed by atoms with Crippen molar-refractivity contribution in [3.05, 3.63) is 64.7 Å². The Morgan fingerprint density at radius 1 is 1.16 bits per heavy atom. The third-order valence-electron chi connectivity index (χ3n) is 3.34. The predicted molar refractivity (Wildman–Crippen MR) is 93.9 cm³/mol. The number of sulfonamides is 1. The lowest BCUT2D eigenvalue weighted by Crippen LogP contribution is -2.26. The van der Waals surface area contributed by atoms with Crippen molar-refractivity contribution in [1.29, 1.82) is 0 Å². The smallest absolute Gasteiger partial charge is 0.335 e. The molecule has 0 heterocycles. The van der Waals surface area contributed by atoms with Gasteiger partial charge >= 0.3 is 5.97 Å². The van der Waals surface area contributed by atoms with E-state index in [1.807, 2.05) is 0 Å². The van der Waals surface area contributed by atoms with Gasteiger partial charge in [-0.1, -0.05) is 41.9 Å². The Morgan fingerprint density at radius 2 is 1.80 bits per heavy atom. The number of rotatable bonds is 7. The first-order valence-electron chi connectivity index (χ1n) is 7.08. The topological polar surface area (TPSA) is 127 Å². The zero-order valence-corrected chi connectivity index (χ0v) is 14.4. The van der Waals surface area contributed by atoms with E-state index in [2.05, 4.69) is 4.72 Å². The highest BCUT2D eigenvalue weighted by Crippen LogP contribution is 2.29. The molecule has 25 heavy (non-hydrogen) atoms. The number of nitrogens with two attached hydrogens (primary N) is 1. The minimum atomic E-state index is -4.09. The molecule has 2 aromatic rings. The van der Waals surface area contributed by atoms with Crippen molar-refractivity contribution in [2.45, 2.75) is 11.7 Å². The fourth-order valence-electron chi connectivity index (χ4n) is 2.26. The Hall–Kier alpha value is -2.58. The van der Waals surface area contributed by atoms with Crippen molar-refractivity contribution in [3.8, 4) is 0 Å². The van der Waals surface area contributed by atoms with Crippen LogP contribution in [-0.4, -0.2) is 25.4 Å². The van der Waals surface area contributed by atoms with Crippen LogP contribution in [0.5, 0.6) is 0 Å². The molecule has 0 saturated heterocycles. The maximum atomic E-state index is 12.7. The lowest BCUT2D eigenvalue weighted by molar-refractivity contribution is -0.118. The third kappa shape index (κ3) is 4.94. The third-order valence-corrected chi connectivity index (χ3v) is 5.26. The average molecular weight is 383 g/mol. The van der Waals surface area contributed by atoms with E-state index in [0.717, 1.165) is 6.07 Å². The van der Waals surface area contributed by atoms with Crippen molar-refractivity contribution in [2.24, 2.45) is 5.73 Å². The van der Waals surface area contributed by atoms with Crippen molar-refractivity contribution in [3.63, 3.8) is 0 Å². The number of anilines is 1. The van der Waals surface area contributed by atoms with E-state index >= 15 is 0 Å². The van der Waals surface area contributed by atoms with Crippen LogP contribution in [0.15, 0.2) is 48.5 Å². The molecule has 0 radical (unpaired) electrons. The van der Waals surface area contributed by atoms with Crippen LogP contribution in [0.3, 0.4) is 0 Å². The Balaban J connectivity index is 2.41.